The average molecular weight is 246 g/mol. The van der Waals surface area contributed by atoms with Gasteiger partial charge in [-0.25, -0.2) is 4.98 Å². The Balaban J connectivity index is 2.36. The van der Waals surface area contributed by atoms with Gasteiger partial charge in [-0.3, -0.25) is 4.79 Å². The lowest BCUT2D eigenvalue weighted by Crippen LogP contribution is -2.04. The minimum absolute atomic E-state index is 0.0137. The van der Waals surface area contributed by atoms with E-state index in [1.807, 2.05) is 32.0 Å². The topological polar surface area (TPSA) is 42.0 Å². The third kappa shape index (κ3) is 2.36. The minimum Gasteiger partial charge on any atom is -0.365 e. The van der Waals surface area contributed by atoms with E-state index >= 15 is 0 Å². The van der Waals surface area contributed by atoms with Crippen LogP contribution in [0.25, 0.3) is 0 Å². The highest BCUT2D eigenvalue weighted by atomic mass is 32.1. The molecule has 4 heteroatoms. The highest BCUT2D eigenvalue weighted by molar-refractivity contribution is 7.13. The summed E-state index contributed by atoms with van der Waals surface area (Å²) in [4.78, 5) is 16.5. The third-order valence-electron chi connectivity index (χ3n) is 2.58. The number of ketones is 1. The third-order valence-corrected chi connectivity index (χ3v) is 3.44. The molecule has 0 spiro atoms. The smallest absolute Gasteiger partial charge is 0.212 e. The van der Waals surface area contributed by atoms with E-state index in [1.165, 1.54) is 11.3 Å². The van der Waals surface area contributed by atoms with Crippen molar-refractivity contribution < 1.29 is 4.79 Å². The molecule has 0 amide bonds. The molecule has 0 aliphatic rings. The number of carbonyl (C=O) groups excluding carboxylic acids is 1. The molecule has 0 saturated heterocycles. The van der Waals surface area contributed by atoms with Gasteiger partial charge in [0, 0.05) is 18.0 Å². The summed E-state index contributed by atoms with van der Waals surface area (Å²) < 4.78 is 0. The Morgan fingerprint density at radius 2 is 2.12 bits per heavy atom. The van der Waals surface area contributed by atoms with E-state index in [0.717, 1.165) is 21.8 Å². The molecule has 0 radical (unpaired) electrons. The first kappa shape index (κ1) is 11.8. The second-order valence-corrected chi connectivity index (χ2v) is 4.79. The fourth-order valence-electron chi connectivity index (χ4n) is 1.70. The van der Waals surface area contributed by atoms with E-state index in [0.29, 0.717) is 5.69 Å². The van der Waals surface area contributed by atoms with Gasteiger partial charge in [-0.1, -0.05) is 23.8 Å². The average Bonchev–Trinajstić information content (AvgIpc) is 2.76. The van der Waals surface area contributed by atoms with Crippen LogP contribution in [-0.4, -0.2) is 17.8 Å². The Morgan fingerprint density at radius 3 is 2.71 bits per heavy atom. The molecule has 0 bridgehead atoms. The van der Waals surface area contributed by atoms with Crippen LogP contribution in [0.4, 0.5) is 5.13 Å². The van der Waals surface area contributed by atoms with E-state index in [1.54, 1.807) is 12.4 Å². The number of rotatable bonds is 3. The zero-order chi connectivity index (χ0) is 12.4. The molecule has 1 N–H and O–H groups in total. The fourth-order valence-corrected chi connectivity index (χ4v) is 2.35. The molecular weight excluding hydrogens is 232 g/mol. The maximum absolute atomic E-state index is 12.2. The number of aryl methyl sites for hydroxylation is 2. The Bertz CT molecular complexity index is 560. The van der Waals surface area contributed by atoms with Gasteiger partial charge < -0.3 is 5.32 Å². The van der Waals surface area contributed by atoms with Crippen molar-refractivity contribution in [1.29, 1.82) is 0 Å². The Labute approximate surface area is 105 Å². The summed E-state index contributed by atoms with van der Waals surface area (Å²) in [6, 6.07) is 5.83. The standard InChI is InChI=1S/C13H14N2OS/c1-8-4-5-10(9(2)6-8)12(16)11-7-17-13(14-3)15-11/h4-7H,1-3H3,(H,14,15). The molecule has 1 aromatic heterocycles. The van der Waals surface area contributed by atoms with Crippen LogP contribution in [0, 0.1) is 13.8 Å². The molecule has 1 aromatic carbocycles. The molecule has 0 atom stereocenters. The van der Waals surface area contributed by atoms with Gasteiger partial charge in [-0.15, -0.1) is 11.3 Å². The largest absolute Gasteiger partial charge is 0.365 e. The van der Waals surface area contributed by atoms with Crippen molar-refractivity contribution in [2.75, 3.05) is 12.4 Å². The van der Waals surface area contributed by atoms with E-state index in [-0.39, 0.29) is 5.78 Å². The number of aromatic nitrogens is 1. The van der Waals surface area contributed by atoms with Crippen LogP contribution in [0.15, 0.2) is 23.6 Å². The van der Waals surface area contributed by atoms with Crippen LogP contribution in [0.2, 0.25) is 0 Å². The van der Waals surface area contributed by atoms with Crippen LogP contribution in [-0.2, 0) is 0 Å². The van der Waals surface area contributed by atoms with Crippen LogP contribution < -0.4 is 5.32 Å². The van der Waals surface area contributed by atoms with Crippen molar-refractivity contribution in [3.63, 3.8) is 0 Å². The number of anilines is 1. The molecule has 88 valence electrons. The quantitative estimate of drug-likeness (QED) is 0.846. The maximum atomic E-state index is 12.2. The number of carbonyl (C=O) groups is 1. The van der Waals surface area contributed by atoms with Gasteiger partial charge >= 0.3 is 0 Å². The van der Waals surface area contributed by atoms with Crippen molar-refractivity contribution in [1.82, 2.24) is 4.98 Å². The highest BCUT2D eigenvalue weighted by Gasteiger charge is 2.14. The normalized spacial score (nSPS) is 10.3. The number of hydrogen-bond acceptors (Lipinski definition) is 4. The van der Waals surface area contributed by atoms with Crippen LogP contribution in [0.3, 0.4) is 0 Å². The van der Waals surface area contributed by atoms with E-state index in [9.17, 15) is 4.79 Å². The first-order chi connectivity index (χ1) is 8.11. The number of nitrogens with one attached hydrogen (secondary N) is 1. The number of nitrogens with zero attached hydrogens (tertiary/aromatic N) is 1. The predicted octanol–water partition coefficient (Wildman–Crippen LogP) is 3.03. The van der Waals surface area contributed by atoms with Gasteiger partial charge in [0.1, 0.15) is 5.69 Å². The Kier molecular flexibility index (Phi) is 3.24. The van der Waals surface area contributed by atoms with Crippen molar-refractivity contribution in [2.24, 2.45) is 0 Å². The predicted molar refractivity (Wildman–Crippen MR) is 71.0 cm³/mol. The van der Waals surface area contributed by atoms with Gasteiger partial charge in [0.2, 0.25) is 5.78 Å². The monoisotopic (exact) mass is 246 g/mol. The zero-order valence-corrected chi connectivity index (χ0v) is 10.9. The first-order valence-corrected chi connectivity index (χ1v) is 6.25. The summed E-state index contributed by atoms with van der Waals surface area (Å²) >= 11 is 1.44. The van der Waals surface area contributed by atoms with Gasteiger partial charge in [0.15, 0.2) is 5.13 Å². The van der Waals surface area contributed by atoms with E-state index in [2.05, 4.69) is 10.3 Å². The minimum atomic E-state index is -0.0137. The summed E-state index contributed by atoms with van der Waals surface area (Å²) in [6.07, 6.45) is 0. The SMILES string of the molecule is CNc1nc(C(=O)c2ccc(C)cc2C)cs1. The van der Waals surface area contributed by atoms with Gasteiger partial charge in [-0.05, 0) is 19.4 Å². The van der Waals surface area contributed by atoms with Crippen LogP contribution in [0.1, 0.15) is 27.2 Å². The van der Waals surface area contributed by atoms with Crippen molar-refractivity contribution in [3.05, 3.63) is 46.0 Å². The molecule has 2 rings (SSSR count). The molecule has 0 aliphatic carbocycles. The summed E-state index contributed by atoms with van der Waals surface area (Å²) in [5.41, 5.74) is 3.39. The number of thiazole rings is 1. The fraction of sp³-hybridized carbons (Fsp3) is 0.231. The Hall–Kier alpha value is -1.68. The van der Waals surface area contributed by atoms with Gasteiger partial charge in [0.05, 0.1) is 0 Å². The zero-order valence-electron chi connectivity index (χ0n) is 10.1. The molecule has 2 aromatic rings. The van der Waals surface area contributed by atoms with Gasteiger partial charge in [-0.2, -0.15) is 0 Å². The summed E-state index contributed by atoms with van der Waals surface area (Å²) in [7, 11) is 1.80. The molecular formula is C13H14N2OS. The summed E-state index contributed by atoms with van der Waals surface area (Å²) in [5, 5.41) is 5.48. The lowest BCUT2D eigenvalue weighted by Gasteiger charge is -2.03. The lowest BCUT2D eigenvalue weighted by atomic mass is 10.0. The summed E-state index contributed by atoms with van der Waals surface area (Å²) in [5.74, 6) is -0.0137. The van der Waals surface area contributed by atoms with E-state index < -0.39 is 0 Å². The van der Waals surface area contributed by atoms with Gasteiger partial charge in [0.25, 0.3) is 0 Å². The van der Waals surface area contributed by atoms with Crippen molar-refractivity contribution in [3.8, 4) is 0 Å². The molecule has 17 heavy (non-hydrogen) atoms. The molecule has 0 unspecified atom stereocenters. The molecule has 0 saturated carbocycles. The molecule has 1 heterocycles. The Morgan fingerprint density at radius 1 is 1.35 bits per heavy atom. The first-order valence-electron chi connectivity index (χ1n) is 5.37. The highest BCUT2D eigenvalue weighted by Crippen LogP contribution is 2.19. The summed E-state index contributed by atoms with van der Waals surface area (Å²) in [6.45, 7) is 3.97. The van der Waals surface area contributed by atoms with Crippen LogP contribution >= 0.6 is 11.3 Å². The molecule has 0 fully saturated rings. The van der Waals surface area contributed by atoms with Crippen molar-refractivity contribution >= 4 is 22.3 Å². The lowest BCUT2D eigenvalue weighted by molar-refractivity contribution is 0.103. The number of hydrogen-bond donors (Lipinski definition) is 1. The van der Waals surface area contributed by atoms with Crippen LogP contribution in [0.5, 0.6) is 0 Å². The number of benzene rings is 1. The van der Waals surface area contributed by atoms with Crippen molar-refractivity contribution in [2.45, 2.75) is 13.8 Å². The molecule has 3 nitrogen and oxygen atoms in total. The maximum Gasteiger partial charge on any atom is 0.212 e. The van der Waals surface area contributed by atoms with E-state index in [4.69, 9.17) is 0 Å². The second-order valence-electron chi connectivity index (χ2n) is 3.94. The second kappa shape index (κ2) is 4.67. The molecule has 0 aliphatic heterocycles.